The largest absolute Gasteiger partial charge is 0.292 e. The number of ketones is 1. The Balaban J connectivity index is 1.74. The van der Waals surface area contributed by atoms with Gasteiger partial charge in [0.2, 0.25) is 0 Å². The second kappa shape index (κ2) is 8.87. The molecule has 0 aromatic heterocycles. The minimum Gasteiger partial charge on any atom is -0.292 e. The highest BCUT2D eigenvalue weighted by Crippen LogP contribution is 2.39. The van der Waals surface area contributed by atoms with Gasteiger partial charge in [-0.15, -0.1) is 0 Å². The molecule has 0 spiro atoms. The molecule has 2 aromatic rings. The van der Waals surface area contributed by atoms with Gasteiger partial charge in [-0.05, 0) is 51.0 Å². The molecule has 2 aromatic carbocycles. The predicted molar refractivity (Wildman–Crippen MR) is 120 cm³/mol. The Morgan fingerprint density at radius 2 is 1.41 bits per heavy atom. The van der Waals surface area contributed by atoms with E-state index < -0.39 is 35.6 Å². The molecule has 0 bridgehead atoms. The van der Waals surface area contributed by atoms with E-state index in [1.807, 2.05) is 19.1 Å². The molecule has 1 aliphatic carbocycles. The zero-order chi connectivity index (χ0) is 23.0. The number of rotatable bonds is 5. The number of hydrogen-bond donors (Lipinski definition) is 0. The molecule has 32 heavy (non-hydrogen) atoms. The topological polar surface area (TPSA) is 74.8 Å². The highest BCUT2D eigenvalue weighted by Gasteiger charge is 2.53. The standard InChI is InChI=1S/C25H25ClN2O4/c1-15-7-9-17(10-8-15)22(29)16(2)27(23(30)18-11-13-19(26)14-12-18)28-24(31)20-5-3-4-6-21(20)25(28)32/h7-14,16,20-21H,3-6H2,1-2H3/t16-,20-,21+/m0/s1. The molecule has 3 amide bonds. The number of amides is 3. The van der Waals surface area contributed by atoms with E-state index in [2.05, 4.69) is 0 Å². The molecule has 7 heteroatoms. The van der Waals surface area contributed by atoms with Crippen LogP contribution in [-0.4, -0.2) is 39.6 Å². The second-order valence-corrected chi connectivity index (χ2v) is 8.99. The van der Waals surface area contributed by atoms with Gasteiger partial charge in [0, 0.05) is 16.1 Å². The number of aryl methyl sites for hydroxylation is 1. The van der Waals surface area contributed by atoms with Crippen LogP contribution in [0.25, 0.3) is 0 Å². The first kappa shape index (κ1) is 22.2. The molecule has 0 unspecified atom stereocenters. The van der Waals surface area contributed by atoms with Crippen LogP contribution in [-0.2, 0) is 9.59 Å². The molecule has 4 rings (SSSR count). The van der Waals surface area contributed by atoms with Crippen LogP contribution in [0.2, 0.25) is 5.02 Å². The van der Waals surface area contributed by atoms with Gasteiger partial charge in [0.05, 0.1) is 11.8 Å². The molecular weight excluding hydrogens is 428 g/mol. The van der Waals surface area contributed by atoms with Crippen molar-refractivity contribution in [1.29, 1.82) is 0 Å². The third-order valence-electron chi connectivity index (χ3n) is 6.41. The van der Waals surface area contributed by atoms with Gasteiger partial charge in [0.25, 0.3) is 17.7 Å². The minimum atomic E-state index is -1.05. The molecule has 3 atom stereocenters. The monoisotopic (exact) mass is 452 g/mol. The Morgan fingerprint density at radius 1 is 0.906 bits per heavy atom. The van der Waals surface area contributed by atoms with Crippen molar-refractivity contribution in [3.8, 4) is 0 Å². The number of imide groups is 1. The molecule has 0 radical (unpaired) electrons. The first-order valence-electron chi connectivity index (χ1n) is 10.9. The lowest BCUT2D eigenvalue weighted by Gasteiger charge is -2.34. The smallest absolute Gasteiger partial charge is 0.273 e. The van der Waals surface area contributed by atoms with Gasteiger partial charge in [0.1, 0.15) is 6.04 Å². The van der Waals surface area contributed by atoms with Crippen LogP contribution in [0.15, 0.2) is 48.5 Å². The first-order chi connectivity index (χ1) is 15.3. The van der Waals surface area contributed by atoms with Crippen molar-refractivity contribution < 1.29 is 19.2 Å². The number of Topliss-reactive ketones (excluding diaryl/α,β-unsaturated/α-hetero) is 1. The summed E-state index contributed by atoms with van der Waals surface area (Å²) in [6.45, 7) is 3.47. The third-order valence-corrected chi connectivity index (χ3v) is 6.67. The first-order valence-corrected chi connectivity index (χ1v) is 11.2. The second-order valence-electron chi connectivity index (χ2n) is 8.55. The van der Waals surface area contributed by atoms with E-state index in [0.29, 0.717) is 23.4 Å². The molecular formula is C25H25ClN2O4. The van der Waals surface area contributed by atoms with Crippen LogP contribution in [0, 0.1) is 18.8 Å². The van der Waals surface area contributed by atoms with Gasteiger partial charge >= 0.3 is 0 Å². The van der Waals surface area contributed by atoms with Crippen LogP contribution in [0.4, 0.5) is 0 Å². The van der Waals surface area contributed by atoms with Crippen LogP contribution in [0.5, 0.6) is 0 Å². The Kier molecular flexibility index (Phi) is 6.15. The van der Waals surface area contributed by atoms with Crippen LogP contribution >= 0.6 is 11.6 Å². The fourth-order valence-electron chi connectivity index (χ4n) is 4.59. The molecule has 166 valence electrons. The van der Waals surface area contributed by atoms with Crippen molar-refractivity contribution >= 4 is 35.1 Å². The van der Waals surface area contributed by atoms with Crippen molar-refractivity contribution in [2.75, 3.05) is 0 Å². The fraction of sp³-hybridized carbons (Fsp3) is 0.360. The summed E-state index contributed by atoms with van der Waals surface area (Å²) in [7, 11) is 0. The van der Waals surface area contributed by atoms with E-state index in [4.69, 9.17) is 11.6 Å². The van der Waals surface area contributed by atoms with Gasteiger partial charge in [-0.1, -0.05) is 54.3 Å². The van der Waals surface area contributed by atoms with Crippen molar-refractivity contribution in [3.63, 3.8) is 0 Å². The maximum atomic E-state index is 13.6. The van der Waals surface area contributed by atoms with E-state index >= 15 is 0 Å². The van der Waals surface area contributed by atoms with Crippen molar-refractivity contribution in [2.45, 2.75) is 45.6 Å². The Bertz CT molecular complexity index is 1040. The zero-order valence-electron chi connectivity index (χ0n) is 18.1. The SMILES string of the molecule is Cc1ccc(C(=O)[C@H](C)N(C(=O)c2ccc(Cl)cc2)N2C(=O)[C@H]3CCCC[C@H]3C2=O)cc1. The van der Waals surface area contributed by atoms with Gasteiger partial charge in [-0.25, -0.2) is 5.01 Å². The van der Waals surface area contributed by atoms with Crippen molar-refractivity contribution in [3.05, 3.63) is 70.2 Å². The third kappa shape index (κ3) is 3.95. The summed E-state index contributed by atoms with van der Waals surface area (Å²) >= 11 is 5.96. The number of hydrogen-bond acceptors (Lipinski definition) is 4. The molecule has 2 aliphatic rings. The van der Waals surface area contributed by atoms with Gasteiger partial charge in [-0.2, -0.15) is 5.01 Å². The Labute approximate surface area is 192 Å². The van der Waals surface area contributed by atoms with Crippen LogP contribution < -0.4 is 0 Å². The number of benzene rings is 2. The number of hydrazine groups is 1. The number of carbonyl (C=O) groups excluding carboxylic acids is 4. The molecule has 1 heterocycles. The lowest BCUT2D eigenvalue weighted by Crippen LogP contribution is -2.56. The summed E-state index contributed by atoms with van der Waals surface area (Å²) in [6, 6.07) is 12.1. The fourth-order valence-corrected chi connectivity index (χ4v) is 4.72. The lowest BCUT2D eigenvalue weighted by molar-refractivity contribution is -0.156. The number of fused-ring (bicyclic) bond motifs is 1. The summed E-state index contributed by atoms with van der Waals surface area (Å²) in [4.78, 5) is 53.4. The maximum absolute atomic E-state index is 13.6. The number of nitrogens with zero attached hydrogens (tertiary/aromatic N) is 2. The van der Waals surface area contributed by atoms with Crippen molar-refractivity contribution in [2.24, 2.45) is 11.8 Å². The molecule has 6 nitrogen and oxygen atoms in total. The Morgan fingerprint density at radius 3 is 1.94 bits per heavy atom. The summed E-state index contributed by atoms with van der Waals surface area (Å²) in [5.74, 6) is -2.59. The quantitative estimate of drug-likeness (QED) is 0.496. The van der Waals surface area contributed by atoms with Crippen LogP contribution in [0.3, 0.4) is 0 Å². The number of carbonyl (C=O) groups is 4. The Hall–Kier alpha value is -2.99. The molecule has 1 aliphatic heterocycles. The highest BCUT2D eigenvalue weighted by atomic mass is 35.5. The minimum absolute atomic E-state index is 0.244. The van der Waals surface area contributed by atoms with E-state index in [-0.39, 0.29) is 11.3 Å². The summed E-state index contributed by atoms with van der Waals surface area (Å²) in [5, 5.41) is 2.44. The van der Waals surface area contributed by atoms with E-state index in [9.17, 15) is 19.2 Å². The molecule has 1 saturated carbocycles. The van der Waals surface area contributed by atoms with Crippen LogP contribution in [0.1, 0.15) is 58.9 Å². The number of halogens is 1. The molecule has 1 saturated heterocycles. The normalized spacial score (nSPS) is 21.3. The zero-order valence-corrected chi connectivity index (χ0v) is 18.8. The van der Waals surface area contributed by atoms with Gasteiger partial charge in [-0.3, -0.25) is 19.2 Å². The summed E-state index contributed by atoms with van der Waals surface area (Å²) in [6.07, 6.45) is 2.98. The van der Waals surface area contributed by atoms with E-state index in [1.165, 1.54) is 12.1 Å². The van der Waals surface area contributed by atoms with Gasteiger partial charge in [0.15, 0.2) is 5.78 Å². The van der Waals surface area contributed by atoms with E-state index in [0.717, 1.165) is 28.4 Å². The highest BCUT2D eigenvalue weighted by molar-refractivity contribution is 6.30. The van der Waals surface area contributed by atoms with Gasteiger partial charge < -0.3 is 0 Å². The molecule has 2 fully saturated rings. The summed E-state index contributed by atoms with van der Waals surface area (Å²) < 4.78 is 0. The summed E-state index contributed by atoms with van der Waals surface area (Å²) in [5.41, 5.74) is 1.65. The van der Waals surface area contributed by atoms with E-state index in [1.54, 1.807) is 31.2 Å². The predicted octanol–water partition coefficient (Wildman–Crippen LogP) is 4.45. The molecule has 0 N–H and O–H groups in total. The maximum Gasteiger partial charge on any atom is 0.273 e. The average Bonchev–Trinajstić information content (AvgIpc) is 3.05. The average molecular weight is 453 g/mol. The lowest BCUT2D eigenvalue weighted by atomic mass is 9.81. The van der Waals surface area contributed by atoms with Crippen molar-refractivity contribution in [1.82, 2.24) is 10.0 Å².